The highest BCUT2D eigenvalue weighted by molar-refractivity contribution is 9.10. The first-order valence-electron chi connectivity index (χ1n) is 9.96. The van der Waals surface area contributed by atoms with Crippen LogP contribution < -0.4 is 0 Å². The van der Waals surface area contributed by atoms with E-state index < -0.39 is 0 Å². The number of ketones is 1. The molecule has 26 heavy (non-hydrogen) atoms. The number of carbonyl (C=O) groups is 2. The van der Waals surface area contributed by atoms with Crippen molar-refractivity contribution in [2.75, 3.05) is 6.61 Å². The van der Waals surface area contributed by atoms with E-state index in [2.05, 4.69) is 22.0 Å². The van der Waals surface area contributed by atoms with E-state index in [1.807, 2.05) is 12.1 Å². The van der Waals surface area contributed by atoms with Crippen LogP contribution in [-0.2, 0) is 22.4 Å². The van der Waals surface area contributed by atoms with E-state index in [9.17, 15) is 9.59 Å². The highest BCUT2D eigenvalue weighted by Gasteiger charge is 2.60. The molecule has 4 saturated carbocycles. The number of hydrogen-bond acceptors (Lipinski definition) is 3. The number of carbonyl (C=O) groups excluding carboxylic acids is 2. The van der Waals surface area contributed by atoms with Gasteiger partial charge in [0.1, 0.15) is 0 Å². The number of rotatable bonds is 4. The molecule has 138 valence electrons. The van der Waals surface area contributed by atoms with Gasteiger partial charge >= 0.3 is 5.97 Å². The minimum absolute atomic E-state index is 0.0775. The van der Waals surface area contributed by atoms with Gasteiger partial charge in [0.15, 0.2) is 12.4 Å². The molecule has 0 N–H and O–H groups in total. The van der Waals surface area contributed by atoms with Gasteiger partial charge in [0.2, 0.25) is 0 Å². The van der Waals surface area contributed by atoms with Crippen LogP contribution in [0, 0.1) is 17.3 Å². The fourth-order valence-electron chi connectivity index (χ4n) is 6.50. The Morgan fingerprint density at radius 2 is 1.81 bits per heavy atom. The number of aryl methyl sites for hydroxylation is 2. The number of benzene rings is 1. The summed E-state index contributed by atoms with van der Waals surface area (Å²) in [5.41, 5.74) is 2.96. The fourth-order valence-corrected chi connectivity index (χ4v) is 7.95. The Morgan fingerprint density at radius 1 is 1.08 bits per heavy atom. The molecule has 0 aliphatic heterocycles. The number of Topliss-reactive ketones (excluding diaryl/α,β-unsaturated/α-hetero) is 1. The number of ether oxygens (including phenoxy) is 1. The van der Waals surface area contributed by atoms with Crippen LogP contribution >= 0.6 is 15.9 Å². The molecule has 4 heteroatoms. The summed E-state index contributed by atoms with van der Waals surface area (Å²) < 4.78 is 5.72. The number of halogens is 1. The summed E-state index contributed by atoms with van der Waals surface area (Å²) in [6.45, 7) is -0.121. The van der Waals surface area contributed by atoms with E-state index in [1.165, 1.54) is 36.8 Å². The molecule has 3 nitrogen and oxygen atoms in total. The minimum Gasteiger partial charge on any atom is -0.457 e. The third kappa shape index (κ3) is 2.76. The van der Waals surface area contributed by atoms with Crippen molar-refractivity contribution >= 4 is 27.7 Å². The second-order valence-corrected chi connectivity index (χ2v) is 10.9. The largest absolute Gasteiger partial charge is 0.457 e. The van der Waals surface area contributed by atoms with E-state index in [-0.39, 0.29) is 28.1 Å². The summed E-state index contributed by atoms with van der Waals surface area (Å²) in [5, 5.41) is 0. The monoisotopic (exact) mass is 416 g/mol. The molecule has 1 aromatic carbocycles. The molecule has 2 unspecified atom stereocenters. The van der Waals surface area contributed by atoms with Gasteiger partial charge in [-0.25, -0.2) is 0 Å². The van der Waals surface area contributed by atoms with Crippen LogP contribution in [0.25, 0.3) is 0 Å². The van der Waals surface area contributed by atoms with Crippen LogP contribution in [0.3, 0.4) is 0 Å². The molecule has 5 aliphatic rings. The lowest BCUT2D eigenvalue weighted by molar-refractivity contribution is -0.168. The zero-order valence-corrected chi connectivity index (χ0v) is 16.6. The first-order valence-corrected chi connectivity index (χ1v) is 10.8. The number of fused-ring (bicyclic) bond motifs is 1. The normalized spacial score (nSPS) is 36.8. The molecule has 6 rings (SSSR count). The Labute approximate surface area is 163 Å². The summed E-state index contributed by atoms with van der Waals surface area (Å²) in [5.74, 6) is 1.06. The summed E-state index contributed by atoms with van der Waals surface area (Å²) >= 11 is 3.93. The van der Waals surface area contributed by atoms with Gasteiger partial charge in [-0.15, -0.1) is 0 Å². The molecule has 0 aromatic heterocycles. The van der Waals surface area contributed by atoms with Crippen molar-refractivity contribution in [1.29, 1.82) is 0 Å². The van der Waals surface area contributed by atoms with Gasteiger partial charge in [-0.3, -0.25) is 9.59 Å². The van der Waals surface area contributed by atoms with Crippen LogP contribution in [0.1, 0.15) is 66.4 Å². The molecule has 0 saturated heterocycles. The van der Waals surface area contributed by atoms with Crippen molar-refractivity contribution < 1.29 is 14.3 Å². The Bertz CT molecular complexity index is 770. The van der Waals surface area contributed by atoms with E-state index in [0.29, 0.717) is 17.4 Å². The third-order valence-corrected chi connectivity index (χ3v) is 8.11. The van der Waals surface area contributed by atoms with Gasteiger partial charge in [-0.05, 0) is 86.8 Å². The molecule has 4 fully saturated rings. The first kappa shape index (κ1) is 17.0. The number of esters is 1. The molecule has 0 spiro atoms. The molecular formula is C22H25BrO3. The molecule has 4 atom stereocenters. The maximum atomic E-state index is 13.0. The molecule has 0 amide bonds. The van der Waals surface area contributed by atoms with Gasteiger partial charge in [0.25, 0.3) is 0 Å². The second-order valence-electron chi connectivity index (χ2n) is 9.23. The average Bonchev–Trinajstić information content (AvgIpc) is 3.04. The number of alkyl halides is 1. The van der Waals surface area contributed by atoms with Gasteiger partial charge in [0.05, 0.1) is 5.41 Å². The van der Waals surface area contributed by atoms with Crippen molar-refractivity contribution in [2.45, 2.75) is 62.1 Å². The summed E-state index contributed by atoms with van der Waals surface area (Å²) in [7, 11) is 0. The van der Waals surface area contributed by atoms with Crippen molar-refractivity contribution in [1.82, 2.24) is 0 Å². The third-order valence-electron chi connectivity index (χ3n) is 7.18. The van der Waals surface area contributed by atoms with Gasteiger partial charge < -0.3 is 4.74 Å². The lowest BCUT2D eigenvalue weighted by atomic mass is 9.49. The maximum Gasteiger partial charge on any atom is 0.312 e. The maximum absolute atomic E-state index is 13.0. The molecule has 5 aliphatic carbocycles. The van der Waals surface area contributed by atoms with Crippen molar-refractivity contribution in [3.8, 4) is 0 Å². The van der Waals surface area contributed by atoms with E-state index in [1.54, 1.807) is 0 Å². The van der Waals surface area contributed by atoms with Crippen LogP contribution in [0.4, 0.5) is 0 Å². The van der Waals surface area contributed by atoms with Crippen LogP contribution in [0.15, 0.2) is 18.2 Å². The fraction of sp³-hybridized carbons (Fsp3) is 0.636. The Kier molecular flexibility index (Phi) is 3.86. The minimum atomic E-state index is -0.355. The number of hydrogen-bond donors (Lipinski definition) is 0. The summed E-state index contributed by atoms with van der Waals surface area (Å²) in [6, 6.07) is 5.94. The van der Waals surface area contributed by atoms with Gasteiger partial charge in [-0.2, -0.15) is 0 Å². The van der Waals surface area contributed by atoms with Gasteiger partial charge in [0, 0.05) is 9.89 Å². The molecule has 0 radical (unpaired) electrons. The predicted molar refractivity (Wildman–Crippen MR) is 103 cm³/mol. The lowest BCUT2D eigenvalue weighted by Crippen LogP contribution is -2.56. The van der Waals surface area contributed by atoms with Crippen LogP contribution in [0.2, 0.25) is 0 Å². The zero-order chi connectivity index (χ0) is 17.9. The second kappa shape index (κ2) is 5.92. The topological polar surface area (TPSA) is 43.4 Å². The average molecular weight is 417 g/mol. The lowest BCUT2D eigenvalue weighted by Gasteiger charge is -2.58. The van der Waals surface area contributed by atoms with E-state index in [0.717, 1.165) is 32.1 Å². The molecular weight excluding hydrogens is 392 g/mol. The molecule has 4 bridgehead atoms. The summed E-state index contributed by atoms with van der Waals surface area (Å²) in [6.07, 6.45) is 9.73. The Hall–Kier alpha value is -1.16. The van der Waals surface area contributed by atoms with Gasteiger partial charge in [-0.1, -0.05) is 28.1 Å². The van der Waals surface area contributed by atoms with E-state index in [4.69, 9.17) is 4.74 Å². The Balaban J connectivity index is 1.27. The van der Waals surface area contributed by atoms with E-state index >= 15 is 0 Å². The molecule has 1 aromatic rings. The van der Waals surface area contributed by atoms with Crippen molar-refractivity contribution in [2.24, 2.45) is 17.3 Å². The quantitative estimate of drug-likeness (QED) is 0.408. The van der Waals surface area contributed by atoms with Crippen LogP contribution in [0.5, 0.6) is 0 Å². The van der Waals surface area contributed by atoms with Crippen LogP contribution in [-0.4, -0.2) is 22.7 Å². The predicted octanol–water partition coefficient (Wildman–Crippen LogP) is 4.64. The first-order chi connectivity index (χ1) is 12.4. The zero-order valence-electron chi connectivity index (χ0n) is 15.1. The highest BCUT2D eigenvalue weighted by Crippen LogP contribution is 2.64. The standard InChI is InChI=1S/C22H25BrO3/c23-22-10-14-6-15(11-22)9-21(8-14,13-22)20(25)26-12-19(24)18-5-4-16-2-1-3-17(16)7-18/h4-5,7,14-15H,1-3,6,8-13H2/t14-,15+,21?,22?. The van der Waals surface area contributed by atoms with Crippen molar-refractivity contribution in [3.63, 3.8) is 0 Å². The molecule has 0 heterocycles. The highest BCUT2D eigenvalue weighted by atomic mass is 79.9. The Morgan fingerprint density at radius 3 is 2.54 bits per heavy atom. The SMILES string of the molecule is O=C(COC(=O)C12C[C@@H]3C[C@@H](CC(Br)(C3)C1)C2)c1ccc2c(c1)CCC2. The summed E-state index contributed by atoms with van der Waals surface area (Å²) in [4.78, 5) is 25.5. The smallest absolute Gasteiger partial charge is 0.312 e. The van der Waals surface area contributed by atoms with Crippen molar-refractivity contribution in [3.05, 3.63) is 34.9 Å².